The molecule has 0 bridgehead atoms. The van der Waals surface area contributed by atoms with Crippen LogP contribution in [0.15, 0.2) is 24.3 Å². The molecule has 25 heavy (non-hydrogen) atoms. The first-order valence-electron chi connectivity index (χ1n) is 8.36. The Balaban J connectivity index is 1.84. The number of hydrogen-bond donors (Lipinski definition) is 1. The van der Waals surface area contributed by atoms with E-state index < -0.39 is 10.0 Å². The molecule has 1 amide bonds. The van der Waals surface area contributed by atoms with Crippen LogP contribution in [-0.2, 0) is 14.8 Å². The van der Waals surface area contributed by atoms with E-state index in [1.54, 1.807) is 24.1 Å². The Morgan fingerprint density at radius 3 is 2.40 bits per heavy atom. The molecule has 1 aliphatic heterocycles. The van der Waals surface area contributed by atoms with Crippen LogP contribution < -0.4 is 4.72 Å². The number of piperidine rings is 1. The van der Waals surface area contributed by atoms with Crippen LogP contribution in [0.5, 0.6) is 0 Å². The van der Waals surface area contributed by atoms with Gasteiger partial charge in [0.05, 0.1) is 18.8 Å². The van der Waals surface area contributed by atoms with Gasteiger partial charge in [0, 0.05) is 26.2 Å². The zero-order valence-corrected chi connectivity index (χ0v) is 15.7. The van der Waals surface area contributed by atoms with Crippen LogP contribution in [0.3, 0.4) is 0 Å². The van der Waals surface area contributed by atoms with E-state index in [9.17, 15) is 17.6 Å². The highest BCUT2D eigenvalue weighted by molar-refractivity contribution is 7.88. The van der Waals surface area contributed by atoms with Crippen molar-refractivity contribution < 1.29 is 17.6 Å². The van der Waals surface area contributed by atoms with E-state index in [-0.39, 0.29) is 23.8 Å². The minimum atomic E-state index is -3.19. The molecule has 0 radical (unpaired) electrons. The molecule has 0 spiro atoms. The number of halogens is 1. The molecule has 1 atom stereocenters. The Labute approximate surface area is 149 Å². The van der Waals surface area contributed by atoms with Gasteiger partial charge in [0.2, 0.25) is 15.9 Å². The molecule has 1 fully saturated rings. The molecule has 8 heteroatoms. The molecule has 1 N–H and O–H groups in total. The molecule has 1 aliphatic rings. The fourth-order valence-corrected chi connectivity index (χ4v) is 3.84. The van der Waals surface area contributed by atoms with E-state index in [2.05, 4.69) is 4.72 Å². The maximum atomic E-state index is 13.0. The molecular weight excluding hydrogens is 345 g/mol. The number of amides is 1. The monoisotopic (exact) mass is 371 g/mol. The number of sulfonamides is 1. The van der Waals surface area contributed by atoms with Crippen molar-refractivity contribution in [2.75, 3.05) is 32.9 Å². The molecule has 0 aromatic heterocycles. The summed E-state index contributed by atoms with van der Waals surface area (Å²) in [6, 6.07) is 5.96. The average Bonchev–Trinajstić information content (AvgIpc) is 2.54. The van der Waals surface area contributed by atoms with Gasteiger partial charge in [-0.25, -0.2) is 17.5 Å². The summed E-state index contributed by atoms with van der Waals surface area (Å²) in [5.41, 5.74) is 0.883. The SMILES string of the molecule is CC(c1ccc(F)cc1)N(C)C(=O)CN1CCC(NS(C)(=O)=O)CC1. The molecule has 1 aromatic carbocycles. The second-order valence-corrected chi connectivity index (χ2v) is 8.45. The Hall–Kier alpha value is -1.51. The van der Waals surface area contributed by atoms with E-state index >= 15 is 0 Å². The lowest BCUT2D eigenvalue weighted by Gasteiger charge is -2.33. The van der Waals surface area contributed by atoms with Crippen LogP contribution >= 0.6 is 0 Å². The summed E-state index contributed by atoms with van der Waals surface area (Å²) in [5.74, 6) is -0.304. The number of nitrogens with zero attached hydrogens (tertiary/aromatic N) is 2. The highest BCUT2D eigenvalue weighted by Gasteiger charge is 2.25. The van der Waals surface area contributed by atoms with Crippen LogP contribution in [0.4, 0.5) is 4.39 Å². The van der Waals surface area contributed by atoms with Crippen LogP contribution in [0.2, 0.25) is 0 Å². The Bertz CT molecular complexity index is 686. The van der Waals surface area contributed by atoms with Gasteiger partial charge in [-0.1, -0.05) is 12.1 Å². The summed E-state index contributed by atoms with van der Waals surface area (Å²) < 4.78 is 38.2. The molecule has 1 heterocycles. The predicted octanol–water partition coefficient (Wildman–Crippen LogP) is 1.36. The number of benzene rings is 1. The van der Waals surface area contributed by atoms with Crippen molar-refractivity contribution in [3.8, 4) is 0 Å². The molecule has 0 saturated carbocycles. The largest absolute Gasteiger partial charge is 0.338 e. The Morgan fingerprint density at radius 1 is 1.32 bits per heavy atom. The minimum Gasteiger partial charge on any atom is -0.338 e. The summed E-state index contributed by atoms with van der Waals surface area (Å²) in [4.78, 5) is 16.2. The first kappa shape index (κ1) is 19.8. The van der Waals surface area contributed by atoms with Gasteiger partial charge in [-0.2, -0.15) is 0 Å². The molecule has 1 unspecified atom stereocenters. The van der Waals surface area contributed by atoms with Crippen molar-refractivity contribution in [1.82, 2.24) is 14.5 Å². The van der Waals surface area contributed by atoms with Crippen LogP contribution in [0, 0.1) is 5.82 Å². The second kappa shape index (κ2) is 8.25. The molecule has 1 saturated heterocycles. The lowest BCUT2D eigenvalue weighted by Crippen LogP contribution is -2.47. The first-order valence-corrected chi connectivity index (χ1v) is 10.3. The third-order valence-corrected chi connectivity index (χ3v) is 5.42. The van der Waals surface area contributed by atoms with Crippen molar-refractivity contribution in [2.45, 2.75) is 31.8 Å². The number of likely N-dealkylation sites (tertiary alicyclic amines) is 1. The molecular formula is C17H26FN3O3S. The maximum Gasteiger partial charge on any atom is 0.236 e. The molecule has 0 aliphatic carbocycles. The normalized spacial score (nSPS) is 18.1. The van der Waals surface area contributed by atoms with Gasteiger partial charge in [-0.05, 0) is 37.5 Å². The third-order valence-electron chi connectivity index (χ3n) is 4.65. The van der Waals surface area contributed by atoms with E-state index in [0.29, 0.717) is 32.5 Å². The molecule has 140 valence electrons. The summed E-state index contributed by atoms with van der Waals surface area (Å²) in [7, 11) is -1.45. The summed E-state index contributed by atoms with van der Waals surface area (Å²) >= 11 is 0. The minimum absolute atomic E-state index is 0.00801. The van der Waals surface area contributed by atoms with Crippen LogP contribution in [-0.4, -0.2) is 63.1 Å². The lowest BCUT2D eigenvalue weighted by atomic mass is 10.1. The fraction of sp³-hybridized carbons (Fsp3) is 0.588. The van der Waals surface area contributed by atoms with Gasteiger partial charge in [-0.3, -0.25) is 9.69 Å². The van der Waals surface area contributed by atoms with E-state index in [1.165, 1.54) is 12.1 Å². The van der Waals surface area contributed by atoms with Gasteiger partial charge in [-0.15, -0.1) is 0 Å². The summed E-state index contributed by atoms with van der Waals surface area (Å²) in [5, 5.41) is 0. The molecule has 1 aromatic rings. The Kier molecular flexibility index (Phi) is 6.53. The van der Waals surface area contributed by atoms with Crippen molar-refractivity contribution in [3.05, 3.63) is 35.6 Å². The van der Waals surface area contributed by atoms with Crippen molar-refractivity contribution in [3.63, 3.8) is 0 Å². The zero-order valence-electron chi connectivity index (χ0n) is 14.9. The van der Waals surface area contributed by atoms with Crippen molar-refractivity contribution >= 4 is 15.9 Å². The smallest absolute Gasteiger partial charge is 0.236 e. The highest BCUT2D eigenvalue weighted by Crippen LogP contribution is 2.20. The molecule has 6 nitrogen and oxygen atoms in total. The lowest BCUT2D eigenvalue weighted by molar-refractivity contribution is -0.133. The number of carbonyl (C=O) groups is 1. The van der Waals surface area contributed by atoms with Gasteiger partial charge in [0.15, 0.2) is 0 Å². The third kappa shape index (κ3) is 6.05. The number of nitrogens with one attached hydrogen (secondary N) is 1. The number of hydrogen-bond acceptors (Lipinski definition) is 4. The van der Waals surface area contributed by atoms with Crippen LogP contribution in [0.1, 0.15) is 31.4 Å². The number of rotatable bonds is 6. The number of carbonyl (C=O) groups excluding carboxylic acids is 1. The maximum absolute atomic E-state index is 13.0. The van der Waals surface area contributed by atoms with Gasteiger partial charge in [0.25, 0.3) is 0 Å². The standard InChI is InChI=1S/C17H26FN3O3S/c1-13(14-4-6-15(18)7-5-14)20(2)17(22)12-21-10-8-16(9-11-21)19-25(3,23)24/h4-7,13,16,19H,8-12H2,1-3H3. The van der Waals surface area contributed by atoms with Gasteiger partial charge < -0.3 is 4.90 Å². The second-order valence-electron chi connectivity index (χ2n) is 6.67. The fourth-order valence-electron chi connectivity index (χ4n) is 3.00. The van der Waals surface area contributed by atoms with Crippen LogP contribution in [0.25, 0.3) is 0 Å². The highest BCUT2D eigenvalue weighted by atomic mass is 32.2. The number of likely N-dealkylation sites (N-methyl/N-ethyl adjacent to an activating group) is 1. The van der Waals surface area contributed by atoms with Crippen molar-refractivity contribution in [2.24, 2.45) is 0 Å². The van der Waals surface area contributed by atoms with Gasteiger partial charge >= 0.3 is 0 Å². The van der Waals surface area contributed by atoms with Crippen molar-refractivity contribution in [1.29, 1.82) is 0 Å². The van der Waals surface area contributed by atoms with Gasteiger partial charge in [0.1, 0.15) is 5.82 Å². The van der Waals surface area contributed by atoms with E-state index in [0.717, 1.165) is 11.8 Å². The topological polar surface area (TPSA) is 69.7 Å². The average molecular weight is 371 g/mol. The first-order chi connectivity index (χ1) is 11.7. The van der Waals surface area contributed by atoms with E-state index in [4.69, 9.17) is 0 Å². The molecule has 2 rings (SSSR count). The quantitative estimate of drug-likeness (QED) is 0.820. The predicted molar refractivity (Wildman–Crippen MR) is 95.0 cm³/mol. The van der Waals surface area contributed by atoms with E-state index in [1.807, 2.05) is 11.8 Å². The summed E-state index contributed by atoms with van der Waals surface area (Å²) in [6.07, 6.45) is 2.55. The summed E-state index contributed by atoms with van der Waals surface area (Å²) in [6.45, 7) is 3.57. The zero-order chi connectivity index (χ0) is 18.6. The Morgan fingerprint density at radius 2 is 1.88 bits per heavy atom.